The summed E-state index contributed by atoms with van der Waals surface area (Å²) in [5.74, 6) is -0.474. The second-order valence-electron chi connectivity index (χ2n) is 16.8. The number of aromatic nitrogens is 4. The fourth-order valence-corrected chi connectivity index (χ4v) is 7.77. The molecule has 0 bridgehead atoms. The van der Waals surface area contributed by atoms with E-state index in [4.69, 9.17) is 29.0 Å². The quantitative estimate of drug-likeness (QED) is 0.0690. The maximum Gasteiger partial charge on any atom is 0.230 e. The van der Waals surface area contributed by atoms with Crippen molar-refractivity contribution in [3.63, 3.8) is 0 Å². The first-order valence-electron chi connectivity index (χ1n) is 17.9. The highest BCUT2D eigenvalue weighted by atomic mass is 79.9. The summed E-state index contributed by atoms with van der Waals surface area (Å²) in [7, 11) is -2.64. The lowest BCUT2D eigenvalue weighted by atomic mass is 9.90. The first-order valence-corrected chi connectivity index (χ1v) is 26.1. The van der Waals surface area contributed by atoms with Crippen LogP contribution in [0.25, 0.3) is 27.7 Å². The van der Waals surface area contributed by atoms with E-state index in [1.807, 2.05) is 31.7 Å². The number of carbonyl (C=O) groups is 1. The van der Waals surface area contributed by atoms with Gasteiger partial charge in [0.05, 0.1) is 40.5 Å². The number of fused-ring (bicyclic) bond motifs is 2. The molecule has 1 aliphatic heterocycles. The SMILES string of the molecule is CC1(C)OCC(C)(C(=O)NCCc2nc3c(-c4cnc5ccc(F)cc5c4)cnn3c(N(COCC[Si](C)(C)C)COCC[Si](C)(C)C)c2Br)CO1. The lowest BCUT2D eigenvalue weighted by Crippen LogP contribution is -2.53. The molecule has 0 unspecified atom stereocenters. The zero-order valence-corrected chi connectivity index (χ0v) is 35.7. The molecule has 0 saturated carbocycles. The minimum absolute atomic E-state index is 0.145. The van der Waals surface area contributed by atoms with Gasteiger partial charge in [-0.1, -0.05) is 39.3 Å². The molecule has 52 heavy (non-hydrogen) atoms. The molecule has 0 atom stereocenters. The van der Waals surface area contributed by atoms with Gasteiger partial charge in [-0.05, 0) is 73.1 Å². The van der Waals surface area contributed by atoms with Crippen LogP contribution in [0.15, 0.2) is 41.1 Å². The monoisotopic (exact) mass is 816 g/mol. The van der Waals surface area contributed by atoms with E-state index in [0.29, 0.717) is 42.7 Å². The summed E-state index contributed by atoms with van der Waals surface area (Å²) in [6.45, 7) is 22.2. The van der Waals surface area contributed by atoms with Crippen molar-refractivity contribution in [2.24, 2.45) is 5.41 Å². The maximum absolute atomic E-state index is 14.2. The van der Waals surface area contributed by atoms with Crippen molar-refractivity contribution in [2.45, 2.75) is 84.3 Å². The van der Waals surface area contributed by atoms with Crippen molar-refractivity contribution in [3.8, 4) is 11.1 Å². The second kappa shape index (κ2) is 16.3. The van der Waals surface area contributed by atoms with Crippen LogP contribution >= 0.6 is 15.9 Å². The number of amides is 1. The van der Waals surface area contributed by atoms with Crippen LogP contribution in [0.5, 0.6) is 0 Å². The molecule has 5 rings (SSSR count). The Morgan fingerprint density at radius 1 is 1.00 bits per heavy atom. The third kappa shape index (κ3) is 10.4. The number of halogens is 2. The molecule has 0 aliphatic carbocycles. The standard InChI is InChI=1S/C37H54BrFN6O5Si2/c1-36(2)49-22-37(3,23-50-36)35(46)40-13-12-31-32(38)34(44(24-47-14-16-51(4,5)6)25-48-15-17-52(7,8)9)45-33(43-31)29(21-42-45)27-18-26-19-28(39)10-11-30(26)41-20-27/h10-11,18-21H,12-17,22-25H2,1-9H3,(H,40,46). The number of anilines is 1. The minimum Gasteiger partial charge on any atom is -0.361 e. The number of nitrogens with zero attached hydrogens (tertiary/aromatic N) is 5. The zero-order valence-electron chi connectivity index (χ0n) is 32.1. The molecule has 3 aromatic heterocycles. The highest BCUT2D eigenvalue weighted by molar-refractivity contribution is 9.10. The van der Waals surface area contributed by atoms with Crippen LogP contribution in [0, 0.1) is 11.2 Å². The largest absolute Gasteiger partial charge is 0.361 e. The van der Waals surface area contributed by atoms with Crippen molar-refractivity contribution < 1.29 is 28.1 Å². The van der Waals surface area contributed by atoms with E-state index in [-0.39, 0.29) is 38.4 Å². The van der Waals surface area contributed by atoms with Gasteiger partial charge < -0.3 is 29.2 Å². The smallest absolute Gasteiger partial charge is 0.230 e. The first-order chi connectivity index (χ1) is 24.3. The molecule has 15 heteroatoms. The molecular formula is C37H54BrFN6O5Si2. The Labute approximate surface area is 317 Å². The Morgan fingerprint density at radius 3 is 2.25 bits per heavy atom. The van der Waals surface area contributed by atoms with Gasteiger partial charge in [0.1, 0.15) is 19.3 Å². The number of pyridine rings is 1. The molecule has 284 valence electrons. The Hall–Kier alpha value is -2.80. The van der Waals surface area contributed by atoms with E-state index >= 15 is 0 Å². The minimum atomic E-state index is -1.32. The molecule has 1 aromatic carbocycles. The van der Waals surface area contributed by atoms with Crippen LogP contribution in [0.2, 0.25) is 51.4 Å². The predicted molar refractivity (Wildman–Crippen MR) is 213 cm³/mol. The Morgan fingerprint density at radius 2 is 1.63 bits per heavy atom. The van der Waals surface area contributed by atoms with E-state index < -0.39 is 27.3 Å². The Balaban J connectivity index is 1.50. The molecular weight excluding hydrogens is 764 g/mol. The van der Waals surface area contributed by atoms with Gasteiger partial charge in [0, 0.05) is 65.0 Å². The third-order valence-corrected chi connectivity index (χ3v) is 13.3. The van der Waals surface area contributed by atoms with E-state index in [9.17, 15) is 9.18 Å². The molecule has 0 radical (unpaired) electrons. The molecule has 1 saturated heterocycles. The fraction of sp³-hybridized carbons (Fsp3) is 0.568. The van der Waals surface area contributed by atoms with E-state index in [0.717, 1.165) is 39.2 Å². The predicted octanol–water partition coefficient (Wildman–Crippen LogP) is 7.73. The van der Waals surface area contributed by atoms with Crippen LogP contribution in [0.3, 0.4) is 0 Å². The molecule has 4 heterocycles. The van der Waals surface area contributed by atoms with Gasteiger partial charge in [-0.3, -0.25) is 9.78 Å². The van der Waals surface area contributed by atoms with E-state index in [1.54, 1.807) is 23.0 Å². The molecule has 1 aliphatic rings. The van der Waals surface area contributed by atoms with E-state index in [1.165, 1.54) is 12.1 Å². The van der Waals surface area contributed by atoms with Crippen molar-refractivity contribution >= 4 is 60.4 Å². The van der Waals surface area contributed by atoms with Gasteiger partial charge in [0.2, 0.25) is 5.91 Å². The average molecular weight is 818 g/mol. The number of hydrogen-bond acceptors (Lipinski definition) is 9. The third-order valence-electron chi connectivity index (χ3n) is 9.05. The summed E-state index contributed by atoms with van der Waals surface area (Å²) in [5, 5.41) is 8.59. The van der Waals surface area contributed by atoms with Crippen molar-refractivity contribution in [1.82, 2.24) is 24.9 Å². The Bertz CT molecular complexity index is 1850. The van der Waals surface area contributed by atoms with Crippen molar-refractivity contribution in [2.75, 3.05) is 51.3 Å². The second-order valence-corrected chi connectivity index (χ2v) is 28.9. The lowest BCUT2D eigenvalue weighted by molar-refractivity contribution is -0.277. The highest BCUT2D eigenvalue weighted by Gasteiger charge is 2.42. The van der Waals surface area contributed by atoms with Crippen LogP contribution < -0.4 is 10.2 Å². The lowest BCUT2D eigenvalue weighted by Gasteiger charge is -2.40. The number of ether oxygens (including phenoxy) is 4. The zero-order chi connectivity index (χ0) is 37.9. The van der Waals surface area contributed by atoms with E-state index in [2.05, 4.69) is 65.5 Å². The summed E-state index contributed by atoms with van der Waals surface area (Å²) in [4.78, 5) is 25.1. The molecule has 4 aromatic rings. The summed E-state index contributed by atoms with van der Waals surface area (Å²) < 4.78 is 41.0. The molecule has 0 spiro atoms. The van der Waals surface area contributed by atoms with Gasteiger partial charge in [0.15, 0.2) is 17.3 Å². The fourth-order valence-electron chi connectivity index (χ4n) is 5.55. The van der Waals surface area contributed by atoms with Gasteiger partial charge in [-0.15, -0.1) is 0 Å². The molecule has 1 fully saturated rings. The molecule has 11 nitrogen and oxygen atoms in total. The molecule has 1 N–H and O–H groups in total. The highest BCUT2D eigenvalue weighted by Crippen LogP contribution is 2.35. The van der Waals surface area contributed by atoms with Crippen molar-refractivity contribution in [3.05, 3.63) is 52.6 Å². The maximum atomic E-state index is 14.2. The topological polar surface area (TPSA) is 112 Å². The van der Waals surface area contributed by atoms with Crippen LogP contribution in [-0.4, -0.2) is 93.9 Å². The average Bonchev–Trinajstić information content (AvgIpc) is 3.48. The number of carbonyl (C=O) groups excluding carboxylic acids is 1. The first kappa shape index (κ1) is 40.4. The summed E-state index contributed by atoms with van der Waals surface area (Å²) in [6, 6.07) is 8.51. The summed E-state index contributed by atoms with van der Waals surface area (Å²) in [5.41, 5.74) is 2.69. The van der Waals surface area contributed by atoms with Gasteiger partial charge in [-0.2, -0.15) is 9.61 Å². The summed E-state index contributed by atoms with van der Waals surface area (Å²) >= 11 is 3.89. The van der Waals surface area contributed by atoms with Crippen LogP contribution in [0.4, 0.5) is 10.2 Å². The summed E-state index contributed by atoms with van der Waals surface area (Å²) in [6.07, 6.45) is 3.94. The van der Waals surface area contributed by atoms with Gasteiger partial charge >= 0.3 is 0 Å². The normalized spacial score (nSPS) is 16.1. The number of hydrogen-bond donors (Lipinski definition) is 1. The molecule has 1 amide bonds. The van der Waals surface area contributed by atoms with Crippen LogP contribution in [-0.2, 0) is 30.2 Å². The number of nitrogens with one attached hydrogen (secondary N) is 1. The number of benzene rings is 1. The van der Waals surface area contributed by atoms with Gasteiger partial charge in [0.25, 0.3) is 0 Å². The van der Waals surface area contributed by atoms with Gasteiger partial charge in [-0.25, -0.2) is 9.37 Å². The van der Waals surface area contributed by atoms with Crippen molar-refractivity contribution in [1.29, 1.82) is 0 Å². The van der Waals surface area contributed by atoms with Crippen LogP contribution in [0.1, 0.15) is 26.5 Å². The number of rotatable bonds is 16. The Kier molecular flexibility index (Phi) is 12.7.